The van der Waals surface area contributed by atoms with Crippen molar-refractivity contribution in [3.63, 3.8) is 0 Å². The van der Waals surface area contributed by atoms with Crippen LogP contribution in [-0.4, -0.2) is 34.9 Å². The summed E-state index contributed by atoms with van der Waals surface area (Å²) in [5.74, 6) is -0.0533. The van der Waals surface area contributed by atoms with E-state index in [9.17, 15) is 15.0 Å². The highest BCUT2D eigenvalue weighted by molar-refractivity contribution is 5.76. The molecule has 0 aromatic carbocycles. The van der Waals surface area contributed by atoms with Gasteiger partial charge in [0.2, 0.25) is 5.91 Å². The summed E-state index contributed by atoms with van der Waals surface area (Å²) in [7, 11) is 0. The van der Waals surface area contributed by atoms with E-state index in [0.717, 1.165) is 25.7 Å². The van der Waals surface area contributed by atoms with Crippen LogP contribution < -0.4 is 5.32 Å². The minimum absolute atomic E-state index is 0.0533. The molecule has 0 saturated heterocycles. The van der Waals surface area contributed by atoms with Crippen molar-refractivity contribution < 1.29 is 15.0 Å². The van der Waals surface area contributed by atoms with Gasteiger partial charge in [0.1, 0.15) is 0 Å². The summed E-state index contributed by atoms with van der Waals surface area (Å²) in [4.78, 5) is 12.5. The predicted octanol–water partition coefficient (Wildman–Crippen LogP) is 22.8. The van der Waals surface area contributed by atoms with Crippen LogP contribution in [0.1, 0.15) is 399 Å². The third-order valence-corrected chi connectivity index (χ3v) is 16.3. The van der Waals surface area contributed by atoms with Crippen LogP contribution in [-0.2, 0) is 4.79 Å². The molecule has 0 bridgehead atoms. The lowest BCUT2D eigenvalue weighted by molar-refractivity contribution is -0.123. The standard InChI is InChI=1S/C68H135NO3/c1-3-5-7-9-11-13-15-17-19-21-23-25-27-29-31-33-34-36-38-40-42-44-46-48-50-52-54-56-58-60-62-64-68(72)69-66(65-70)67(71)63-61-59-57-55-53-51-49-47-45-43-41-39-37-35-32-30-28-26-24-22-20-18-16-14-12-10-8-6-4-2/h61,63,66-67,70-71H,3-60,62,64-65H2,1-2H3,(H,69,72)/b63-61+. The highest BCUT2D eigenvalue weighted by atomic mass is 16.3. The maximum absolute atomic E-state index is 12.5. The molecular weight excluding hydrogens is 879 g/mol. The maximum Gasteiger partial charge on any atom is 0.220 e. The van der Waals surface area contributed by atoms with Gasteiger partial charge in [-0.25, -0.2) is 0 Å². The number of carbonyl (C=O) groups is 1. The van der Waals surface area contributed by atoms with Crippen LogP contribution in [0.5, 0.6) is 0 Å². The number of hydrogen-bond acceptors (Lipinski definition) is 3. The monoisotopic (exact) mass is 1010 g/mol. The largest absolute Gasteiger partial charge is 0.394 e. The molecule has 0 aliphatic rings. The fourth-order valence-corrected chi connectivity index (χ4v) is 11.1. The summed E-state index contributed by atoms with van der Waals surface area (Å²) >= 11 is 0. The zero-order chi connectivity index (χ0) is 52.0. The van der Waals surface area contributed by atoms with Gasteiger partial charge in [0.25, 0.3) is 0 Å². The van der Waals surface area contributed by atoms with E-state index in [4.69, 9.17) is 0 Å². The fraction of sp³-hybridized carbons (Fsp3) is 0.956. The van der Waals surface area contributed by atoms with Crippen molar-refractivity contribution in [3.8, 4) is 0 Å². The normalized spacial score (nSPS) is 12.7. The number of allylic oxidation sites excluding steroid dienone is 1. The predicted molar refractivity (Wildman–Crippen MR) is 323 cm³/mol. The lowest BCUT2D eigenvalue weighted by Gasteiger charge is -2.20. The van der Waals surface area contributed by atoms with E-state index >= 15 is 0 Å². The number of nitrogens with one attached hydrogen (secondary N) is 1. The van der Waals surface area contributed by atoms with Crippen molar-refractivity contribution in [2.75, 3.05) is 6.61 Å². The molecular formula is C68H135NO3. The van der Waals surface area contributed by atoms with E-state index in [2.05, 4.69) is 19.2 Å². The number of amides is 1. The van der Waals surface area contributed by atoms with Gasteiger partial charge in [-0.2, -0.15) is 0 Å². The van der Waals surface area contributed by atoms with Crippen LogP contribution in [0.4, 0.5) is 0 Å². The summed E-state index contributed by atoms with van der Waals surface area (Å²) in [6.07, 6.45) is 85.8. The van der Waals surface area contributed by atoms with E-state index in [1.807, 2.05) is 6.08 Å². The molecule has 3 N–H and O–H groups in total. The third-order valence-electron chi connectivity index (χ3n) is 16.3. The van der Waals surface area contributed by atoms with Crippen LogP contribution in [0.3, 0.4) is 0 Å². The molecule has 0 saturated carbocycles. The minimum Gasteiger partial charge on any atom is -0.394 e. The van der Waals surface area contributed by atoms with E-state index in [1.165, 1.54) is 353 Å². The van der Waals surface area contributed by atoms with Crippen LogP contribution in [0.2, 0.25) is 0 Å². The second-order valence-corrected chi connectivity index (χ2v) is 23.6. The Kier molecular flexibility index (Phi) is 63.6. The second kappa shape index (κ2) is 64.4. The van der Waals surface area contributed by atoms with Gasteiger partial charge in [0.15, 0.2) is 0 Å². The molecule has 0 aromatic rings. The Bertz CT molecular complexity index is 1010. The number of hydrogen-bond donors (Lipinski definition) is 3. The van der Waals surface area contributed by atoms with Crippen molar-refractivity contribution in [1.82, 2.24) is 5.32 Å². The maximum atomic E-state index is 12.5. The molecule has 4 heteroatoms. The van der Waals surface area contributed by atoms with Gasteiger partial charge < -0.3 is 15.5 Å². The molecule has 430 valence electrons. The Morgan fingerprint density at radius 1 is 0.319 bits per heavy atom. The number of aliphatic hydroxyl groups is 2. The summed E-state index contributed by atoms with van der Waals surface area (Å²) in [5, 5.41) is 23.3. The number of carbonyl (C=O) groups excluding carboxylic acids is 1. The molecule has 0 heterocycles. The SMILES string of the molecule is CCCCCCCCCCCCCCCCCCCCCCCCCCCCC/C=C/C(O)C(CO)NC(=O)CCCCCCCCCCCCCCCCCCCCCCCCCCCCCCCCC. The Labute approximate surface area is 454 Å². The van der Waals surface area contributed by atoms with Crippen molar-refractivity contribution in [2.45, 2.75) is 411 Å². The first kappa shape index (κ1) is 71.1. The topological polar surface area (TPSA) is 69.6 Å². The van der Waals surface area contributed by atoms with Crippen molar-refractivity contribution in [3.05, 3.63) is 12.2 Å². The Morgan fingerprint density at radius 3 is 0.722 bits per heavy atom. The summed E-state index contributed by atoms with van der Waals surface area (Å²) in [6.45, 7) is 4.37. The smallest absolute Gasteiger partial charge is 0.220 e. The Balaban J connectivity index is 3.40. The van der Waals surface area contributed by atoms with Crippen LogP contribution in [0.15, 0.2) is 12.2 Å². The van der Waals surface area contributed by atoms with Crippen molar-refractivity contribution >= 4 is 5.91 Å². The molecule has 0 fully saturated rings. The first-order chi connectivity index (χ1) is 35.7. The van der Waals surface area contributed by atoms with Gasteiger partial charge in [-0.15, -0.1) is 0 Å². The van der Waals surface area contributed by atoms with Crippen LogP contribution >= 0.6 is 0 Å². The Morgan fingerprint density at radius 2 is 0.514 bits per heavy atom. The van der Waals surface area contributed by atoms with Gasteiger partial charge in [-0.05, 0) is 19.3 Å². The number of aliphatic hydroxyl groups excluding tert-OH is 2. The summed E-state index contributed by atoms with van der Waals surface area (Å²) in [6, 6.07) is -0.619. The lowest BCUT2D eigenvalue weighted by atomic mass is 10.0. The molecule has 0 aromatic heterocycles. The highest BCUT2D eigenvalue weighted by Crippen LogP contribution is 2.19. The lowest BCUT2D eigenvalue weighted by Crippen LogP contribution is -2.45. The first-order valence-corrected chi connectivity index (χ1v) is 33.9. The fourth-order valence-electron chi connectivity index (χ4n) is 11.1. The molecule has 4 nitrogen and oxygen atoms in total. The van der Waals surface area contributed by atoms with E-state index < -0.39 is 12.1 Å². The molecule has 0 aliphatic carbocycles. The zero-order valence-corrected chi connectivity index (χ0v) is 49.7. The molecule has 2 atom stereocenters. The minimum atomic E-state index is -0.837. The van der Waals surface area contributed by atoms with Gasteiger partial charge in [0, 0.05) is 6.42 Å². The Hall–Kier alpha value is -0.870. The molecule has 0 radical (unpaired) electrons. The van der Waals surface area contributed by atoms with Crippen LogP contribution in [0, 0.1) is 0 Å². The first-order valence-electron chi connectivity index (χ1n) is 33.9. The molecule has 0 spiro atoms. The quantitative estimate of drug-likeness (QED) is 0.0420. The highest BCUT2D eigenvalue weighted by Gasteiger charge is 2.18. The van der Waals surface area contributed by atoms with Gasteiger partial charge in [0.05, 0.1) is 18.8 Å². The van der Waals surface area contributed by atoms with E-state index in [1.54, 1.807) is 6.08 Å². The average Bonchev–Trinajstić information content (AvgIpc) is 3.39. The number of unbranched alkanes of at least 4 members (excludes halogenated alkanes) is 57. The van der Waals surface area contributed by atoms with E-state index in [-0.39, 0.29) is 12.5 Å². The van der Waals surface area contributed by atoms with Gasteiger partial charge in [-0.1, -0.05) is 386 Å². The number of rotatable bonds is 64. The summed E-state index contributed by atoms with van der Waals surface area (Å²) < 4.78 is 0. The molecule has 2 unspecified atom stereocenters. The molecule has 0 aliphatic heterocycles. The van der Waals surface area contributed by atoms with Crippen molar-refractivity contribution in [2.24, 2.45) is 0 Å². The van der Waals surface area contributed by atoms with Gasteiger partial charge >= 0.3 is 0 Å². The molecule has 1 amide bonds. The van der Waals surface area contributed by atoms with Gasteiger partial charge in [-0.3, -0.25) is 4.79 Å². The van der Waals surface area contributed by atoms with Crippen LogP contribution in [0.25, 0.3) is 0 Å². The third kappa shape index (κ3) is 60.0. The summed E-state index contributed by atoms with van der Waals surface area (Å²) in [5.41, 5.74) is 0. The second-order valence-electron chi connectivity index (χ2n) is 23.6. The average molecular weight is 1010 g/mol. The zero-order valence-electron chi connectivity index (χ0n) is 49.7. The van der Waals surface area contributed by atoms with Crippen molar-refractivity contribution in [1.29, 1.82) is 0 Å². The van der Waals surface area contributed by atoms with E-state index in [0.29, 0.717) is 6.42 Å². The molecule has 72 heavy (non-hydrogen) atoms. The molecule has 0 rings (SSSR count).